The molecule has 0 aromatic heterocycles. The molecule has 106 valence electrons. The molecule has 0 N–H and O–H groups in total. The minimum Gasteiger partial charge on any atom is -0.406 e. The number of carbonyl (C=O) groups excluding carboxylic acids is 1. The van der Waals surface area contributed by atoms with E-state index in [1.165, 1.54) is 24.3 Å². The van der Waals surface area contributed by atoms with E-state index in [4.69, 9.17) is 0 Å². The van der Waals surface area contributed by atoms with Crippen molar-refractivity contribution in [3.63, 3.8) is 0 Å². The summed E-state index contributed by atoms with van der Waals surface area (Å²) in [6, 6.07) is 5.16. The Labute approximate surface area is 112 Å². The molecule has 0 bridgehead atoms. The highest BCUT2D eigenvalue weighted by Crippen LogP contribution is 2.32. The number of halogens is 4. The molecular weight excluding hydrogens is 276 g/mol. The Bertz CT molecular complexity index is 582. The van der Waals surface area contributed by atoms with E-state index in [-0.39, 0.29) is 0 Å². The van der Waals surface area contributed by atoms with Crippen molar-refractivity contribution in [2.45, 2.75) is 13.3 Å². The van der Waals surface area contributed by atoms with Gasteiger partial charge in [0.15, 0.2) is 5.78 Å². The van der Waals surface area contributed by atoms with Gasteiger partial charge in [-0.25, -0.2) is 4.39 Å². The Morgan fingerprint density at radius 2 is 1.70 bits per heavy atom. The Balaban J connectivity index is 2.37. The number of alkyl halides is 3. The van der Waals surface area contributed by atoms with Crippen LogP contribution in [0.1, 0.15) is 12.5 Å². The summed E-state index contributed by atoms with van der Waals surface area (Å²) < 4.78 is 53.2. The third-order valence-electron chi connectivity index (χ3n) is 2.89. The third kappa shape index (κ3) is 3.26. The van der Waals surface area contributed by atoms with Crippen LogP contribution in [-0.4, -0.2) is 12.1 Å². The van der Waals surface area contributed by atoms with Crippen LogP contribution in [0.15, 0.2) is 42.2 Å². The molecule has 20 heavy (non-hydrogen) atoms. The smallest absolute Gasteiger partial charge is 0.406 e. The van der Waals surface area contributed by atoms with Gasteiger partial charge in [0.05, 0.1) is 0 Å². The first-order valence-corrected chi connectivity index (χ1v) is 5.75. The van der Waals surface area contributed by atoms with E-state index in [1.807, 2.05) is 0 Å². The van der Waals surface area contributed by atoms with E-state index in [9.17, 15) is 22.4 Å². The van der Waals surface area contributed by atoms with E-state index < -0.39 is 29.6 Å². The lowest BCUT2D eigenvalue weighted by Gasteiger charge is -2.20. The molecule has 1 aromatic carbocycles. The lowest BCUT2D eigenvalue weighted by molar-refractivity contribution is -0.303. The van der Waals surface area contributed by atoms with Crippen LogP contribution in [0.2, 0.25) is 0 Å². The monoisotopic (exact) mass is 286 g/mol. The Morgan fingerprint density at radius 1 is 1.10 bits per heavy atom. The van der Waals surface area contributed by atoms with E-state index in [0.717, 1.165) is 12.2 Å². The Kier molecular flexibility index (Phi) is 3.65. The minimum absolute atomic E-state index is 0.358. The molecule has 0 amide bonds. The number of hydrogen-bond donors (Lipinski definition) is 0. The Hall–Kier alpha value is -2.11. The van der Waals surface area contributed by atoms with Gasteiger partial charge in [-0.05, 0) is 29.3 Å². The molecule has 0 saturated heterocycles. The predicted octanol–water partition coefficient (Wildman–Crippen LogP) is 3.85. The number of rotatable bonds is 2. The zero-order valence-electron chi connectivity index (χ0n) is 10.4. The van der Waals surface area contributed by atoms with Crippen LogP contribution in [0.3, 0.4) is 0 Å². The van der Waals surface area contributed by atoms with Gasteiger partial charge in [-0.3, -0.25) is 4.79 Å². The van der Waals surface area contributed by atoms with Gasteiger partial charge >= 0.3 is 6.36 Å². The first-order chi connectivity index (χ1) is 9.26. The summed E-state index contributed by atoms with van der Waals surface area (Å²) in [5.74, 6) is -2.14. The molecule has 0 heterocycles. The van der Waals surface area contributed by atoms with Crippen LogP contribution in [-0.2, 0) is 9.53 Å². The van der Waals surface area contributed by atoms with Gasteiger partial charge in [-0.1, -0.05) is 19.1 Å². The van der Waals surface area contributed by atoms with Crippen LogP contribution >= 0.6 is 0 Å². The fraction of sp³-hybridized carbons (Fsp3) is 0.214. The number of benzene rings is 1. The molecule has 0 spiro atoms. The molecule has 0 saturated carbocycles. The van der Waals surface area contributed by atoms with Gasteiger partial charge in [-0.2, -0.15) is 0 Å². The summed E-state index contributed by atoms with van der Waals surface area (Å²) in [5, 5.41) is 0. The standard InChI is InChI=1S/C14H10F4O2/c1-8-12(9-2-4-10(15)5-3-9)6-11(7-13(8)19)20-14(16,17)18/h2-8H,1H3. The van der Waals surface area contributed by atoms with Crippen molar-refractivity contribution >= 4 is 11.4 Å². The van der Waals surface area contributed by atoms with Crippen LogP contribution in [0.4, 0.5) is 17.6 Å². The Morgan fingerprint density at radius 3 is 2.25 bits per heavy atom. The van der Waals surface area contributed by atoms with Crippen molar-refractivity contribution in [2.75, 3.05) is 0 Å². The first-order valence-electron chi connectivity index (χ1n) is 5.75. The zero-order valence-corrected chi connectivity index (χ0v) is 10.4. The summed E-state index contributed by atoms with van der Waals surface area (Å²) in [6.45, 7) is 1.57. The van der Waals surface area contributed by atoms with E-state index in [1.54, 1.807) is 6.92 Å². The molecule has 2 rings (SSSR count). The molecule has 1 aromatic rings. The average molecular weight is 286 g/mol. The largest absolute Gasteiger partial charge is 0.573 e. The molecule has 1 aliphatic rings. The summed E-state index contributed by atoms with van der Waals surface area (Å²) in [6.07, 6.45) is -2.91. The van der Waals surface area contributed by atoms with Gasteiger partial charge in [0, 0.05) is 12.0 Å². The lowest BCUT2D eigenvalue weighted by atomic mass is 9.86. The van der Waals surface area contributed by atoms with Gasteiger partial charge in [0.25, 0.3) is 0 Å². The number of hydrogen-bond acceptors (Lipinski definition) is 2. The van der Waals surface area contributed by atoms with Crippen LogP contribution in [0, 0.1) is 11.7 Å². The van der Waals surface area contributed by atoms with Crippen molar-refractivity contribution in [1.29, 1.82) is 0 Å². The van der Waals surface area contributed by atoms with E-state index >= 15 is 0 Å². The second-order valence-corrected chi connectivity index (χ2v) is 4.33. The highest BCUT2D eigenvalue weighted by atomic mass is 19.4. The van der Waals surface area contributed by atoms with Gasteiger partial charge < -0.3 is 4.74 Å². The van der Waals surface area contributed by atoms with Gasteiger partial charge in [0.1, 0.15) is 11.6 Å². The second-order valence-electron chi connectivity index (χ2n) is 4.33. The number of ether oxygens (including phenoxy) is 1. The average Bonchev–Trinajstić information content (AvgIpc) is 2.33. The van der Waals surface area contributed by atoms with Gasteiger partial charge in [-0.15, -0.1) is 13.2 Å². The lowest BCUT2D eigenvalue weighted by Crippen LogP contribution is -2.19. The quantitative estimate of drug-likeness (QED) is 0.772. The van der Waals surface area contributed by atoms with Crippen molar-refractivity contribution in [1.82, 2.24) is 0 Å². The molecule has 1 atom stereocenters. The minimum atomic E-state index is -4.86. The van der Waals surface area contributed by atoms with Crippen LogP contribution in [0.25, 0.3) is 5.57 Å². The van der Waals surface area contributed by atoms with Crippen LogP contribution in [0.5, 0.6) is 0 Å². The molecular formula is C14H10F4O2. The van der Waals surface area contributed by atoms with E-state index in [0.29, 0.717) is 11.1 Å². The SMILES string of the molecule is CC1C(=O)C=C(OC(F)(F)F)C=C1c1ccc(F)cc1. The topological polar surface area (TPSA) is 26.3 Å². The van der Waals surface area contributed by atoms with Crippen molar-refractivity contribution in [3.8, 4) is 0 Å². The maximum absolute atomic E-state index is 12.9. The molecule has 1 aliphatic carbocycles. The predicted molar refractivity (Wildman–Crippen MR) is 63.8 cm³/mol. The van der Waals surface area contributed by atoms with Crippen molar-refractivity contribution in [2.24, 2.45) is 5.92 Å². The molecule has 0 radical (unpaired) electrons. The summed E-state index contributed by atoms with van der Waals surface area (Å²) in [5.41, 5.74) is 0.834. The molecule has 0 fully saturated rings. The number of ketones is 1. The van der Waals surface area contributed by atoms with Crippen molar-refractivity contribution < 1.29 is 27.1 Å². The highest BCUT2D eigenvalue weighted by molar-refractivity contribution is 6.03. The fourth-order valence-corrected chi connectivity index (χ4v) is 1.91. The van der Waals surface area contributed by atoms with Gasteiger partial charge in [0.2, 0.25) is 0 Å². The fourth-order valence-electron chi connectivity index (χ4n) is 1.91. The summed E-state index contributed by atoms with van der Waals surface area (Å²) in [4.78, 5) is 11.7. The normalized spacial score (nSPS) is 19.4. The number of allylic oxidation sites excluding steroid dienone is 3. The molecule has 2 nitrogen and oxygen atoms in total. The van der Waals surface area contributed by atoms with Crippen molar-refractivity contribution in [3.05, 3.63) is 53.6 Å². The van der Waals surface area contributed by atoms with Crippen LogP contribution < -0.4 is 0 Å². The van der Waals surface area contributed by atoms with E-state index in [2.05, 4.69) is 4.74 Å². The second kappa shape index (κ2) is 5.11. The molecule has 1 unspecified atom stereocenters. The maximum atomic E-state index is 12.9. The maximum Gasteiger partial charge on any atom is 0.573 e. The molecule has 6 heteroatoms. The first kappa shape index (κ1) is 14.3. The molecule has 0 aliphatic heterocycles. The summed E-state index contributed by atoms with van der Waals surface area (Å²) in [7, 11) is 0. The zero-order chi connectivity index (χ0) is 14.9. The summed E-state index contributed by atoms with van der Waals surface area (Å²) >= 11 is 0. The number of carbonyl (C=O) groups is 1. The third-order valence-corrected chi connectivity index (χ3v) is 2.89. The highest BCUT2D eigenvalue weighted by Gasteiger charge is 2.34.